The molecule has 0 saturated heterocycles. The van der Waals surface area contributed by atoms with Crippen LogP contribution in [-0.4, -0.2) is 34.8 Å². The molecule has 1 aliphatic rings. The van der Waals surface area contributed by atoms with Crippen LogP contribution in [0, 0.1) is 5.82 Å². The zero-order chi connectivity index (χ0) is 22.7. The van der Waals surface area contributed by atoms with E-state index < -0.39 is 0 Å². The monoisotopic (exact) mass is 453 g/mol. The van der Waals surface area contributed by atoms with Crippen molar-refractivity contribution >= 4 is 23.2 Å². The molecule has 166 valence electrons. The molecule has 1 atom stereocenters. The van der Waals surface area contributed by atoms with Crippen molar-refractivity contribution in [3.8, 4) is 5.75 Å². The lowest BCUT2D eigenvalue weighted by molar-refractivity contribution is -0.130. The minimum absolute atomic E-state index is 0.0584. The Bertz CT molecular complexity index is 1150. The van der Waals surface area contributed by atoms with Gasteiger partial charge >= 0.3 is 0 Å². The average molecular weight is 454 g/mol. The van der Waals surface area contributed by atoms with E-state index in [0.717, 1.165) is 23.1 Å². The Morgan fingerprint density at radius 3 is 2.88 bits per heavy atom. The normalized spacial score (nSPS) is 15.2. The van der Waals surface area contributed by atoms with Crippen LogP contribution in [0.15, 0.2) is 47.8 Å². The van der Waals surface area contributed by atoms with Gasteiger partial charge < -0.3 is 15.0 Å². The number of hydrogen-bond acceptors (Lipinski definition) is 5. The van der Waals surface area contributed by atoms with Crippen molar-refractivity contribution in [1.29, 1.82) is 0 Å². The lowest BCUT2D eigenvalue weighted by Crippen LogP contribution is -2.39. The molecule has 0 saturated carbocycles. The van der Waals surface area contributed by atoms with E-state index >= 15 is 0 Å². The number of amides is 2. The lowest BCUT2D eigenvalue weighted by Gasteiger charge is -2.37. The molecular formula is C24H24FN3O3S. The van der Waals surface area contributed by atoms with Gasteiger partial charge in [-0.3, -0.25) is 9.59 Å². The standard InChI is InChI=1S/C24H24FN3O3S/c1-3-26-24(30)21-14-32-22(27-21)13-31-19-8-7-16-9-10-28(15(2)29)23(20(16)12-19)17-5-4-6-18(25)11-17/h4-8,11-12,14,23H,3,9-10,13H2,1-2H3,(H,26,30)/t23-/m0/s1. The number of fused-ring (bicyclic) bond motifs is 1. The van der Waals surface area contributed by atoms with Crippen molar-refractivity contribution in [3.63, 3.8) is 0 Å². The van der Waals surface area contributed by atoms with E-state index in [1.165, 1.54) is 30.4 Å². The third kappa shape index (κ3) is 4.65. The number of ether oxygens (including phenoxy) is 1. The highest BCUT2D eigenvalue weighted by atomic mass is 32.1. The number of nitrogens with one attached hydrogen (secondary N) is 1. The molecule has 2 aromatic carbocycles. The van der Waals surface area contributed by atoms with Gasteiger partial charge in [0.15, 0.2) is 0 Å². The number of hydrogen-bond donors (Lipinski definition) is 1. The van der Waals surface area contributed by atoms with Crippen molar-refractivity contribution in [1.82, 2.24) is 15.2 Å². The van der Waals surface area contributed by atoms with E-state index in [4.69, 9.17) is 4.74 Å². The Kier molecular flexibility index (Phi) is 6.50. The summed E-state index contributed by atoms with van der Waals surface area (Å²) in [6, 6.07) is 11.8. The van der Waals surface area contributed by atoms with Crippen LogP contribution in [0.5, 0.6) is 5.75 Å². The van der Waals surface area contributed by atoms with Crippen molar-refractivity contribution in [2.45, 2.75) is 32.9 Å². The molecular weight excluding hydrogens is 429 g/mol. The molecule has 3 aromatic rings. The summed E-state index contributed by atoms with van der Waals surface area (Å²) < 4.78 is 19.9. The van der Waals surface area contributed by atoms with Crippen LogP contribution in [0.25, 0.3) is 0 Å². The zero-order valence-corrected chi connectivity index (χ0v) is 18.7. The van der Waals surface area contributed by atoms with Gasteiger partial charge in [0.2, 0.25) is 5.91 Å². The molecule has 4 rings (SSSR count). The van der Waals surface area contributed by atoms with E-state index in [0.29, 0.717) is 29.5 Å². The molecule has 0 bridgehead atoms. The number of halogens is 1. The van der Waals surface area contributed by atoms with E-state index in [1.807, 2.05) is 31.2 Å². The molecule has 1 aliphatic heterocycles. The molecule has 2 heterocycles. The van der Waals surface area contributed by atoms with Crippen LogP contribution in [0.2, 0.25) is 0 Å². The van der Waals surface area contributed by atoms with Gasteiger partial charge in [0.1, 0.15) is 28.9 Å². The Hall–Kier alpha value is -3.26. The molecule has 0 radical (unpaired) electrons. The number of thiazole rings is 1. The number of benzene rings is 2. The van der Waals surface area contributed by atoms with Crippen molar-refractivity contribution < 1.29 is 18.7 Å². The first-order valence-corrected chi connectivity index (χ1v) is 11.3. The third-order valence-electron chi connectivity index (χ3n) is 5.40. The quantitative estimate of drug-likeness (QED) is 0.610. The Balaban J connectivity index is 1.58. The summed E-state index contributed by atoms with van der Waals surface area (Å²) >= 11 is 1.36. The Labute approximate surface area is 190 Å². The first kappa shape index (κ1) is 22.0. The van der Waals surface area contributed by atoms with E-state index in [9.17, 15) is 14.0 Å². The van der Waals surface area contributed by atoms with Gasteiger partial charge in [-0.05, 0) is 54.3 Å². The molecule has 0 unspecified atom stereocenters. The maximum atomic E-state index is 14.0. The Morgan fingerprint density at radius 2 is 2.12 bits per heavy atom. The van der Waals surface area contributed by atoms with E-state index in [-0.39, 0.29) is 30.3 Å². The fourth-order valence-electron chi connectivity index (χ4n) is 3.94. The lowest BCUT2D eigenvalue weighted by atomic mass is 9.88. The van der Waals surface area contributed by atoms with Crippen molar-refractivity contribution in [2.75, 3.05) is 13.1 Å². The second-order valence-electron chi connectivity index (χ2n) is 7.56. The van der Waals surface area contributed by atoms with Crippen molar-refractivity contribution in [2.24, 2.45) is 0 Å². The predicted octanol–water partition coefficient (Wildman–Crippen LogP) is 4.10. The summed E-state index contributed by atoms with van der Waals surface area (Å²) in [6.45, 7) is 4.73. The van der Waals surface area contributed by atoms with Crippen LogP contribution in [0.1, 0.15) is 52.1 Å². The highest BCUT2D eigenvalue weighted by Gasteiger charge is 2.31. The SMILES string of the molecule is CCNC(=O)c1csc(COc2ccc3c(c2)[C@H](c2cccc(F)c2)N(C(C)=O)CC3)n1. The highest BCUT2D eigenvalue weighted by molar-refractivity contribution is 7.09. The summed E-state index contributed by atoms with van der Waals surface area (Å²) in [6.07, 6.45) is 0.726. The van der Waals surface area contributed by atoms with Crippen LogP contribution < -0.4 is 10.1 Å². The van der Waals surface area contributed by atoms with E-state index in [1.54, 1.807) is 16.3 Å². The molecule has 32 heavy (non-hydrogen) atoms. The second kappa shape index (κ2) is 9.48. The second-order valence-corrected chi connectivity index (χ2v) is 8.50. The fraction of sp³-hybridized carbons (Fsp3) is 0.292. The number of carbonyl (C=O) groups excluding carboxylic acids is 2. The van der Waals surface area contributed by atoms with Crippen molar-refractivity contribution in [3.05, 3.63) is 81.1 Å². The maximum Gasteiger partial charge on any atom is 0.270 e. The number of rotatable bonds is 6. The summed E-state index contributed by atoms with van der Waals surface area (Å²) in [5, 5.41) is 5.13. The van der Waals surface area contributed by atoms with Crippen LogP contribution in [0.3, 0.4) is 0 Å². The smallest absolute Gasteiger partial charge is 0.270 e. The number of aromatic nitrogens is 1. The molecule has 0 aliphatic carbocycles. The third-order valence-corrected chi connectivity index (χ3v) is 6.22. The van der Waals surface area contributed by atoms with Gasteiger partial charge in [-0.2, -0.15) is 0 Å². The number of nitrogens with zero attached hydrogens (tertiary/aromatic N) is 2. The molecule has 0 fully saturated rings. The van der Waals surface area contributed by atoms with Gasteiger partial charge in [0, 0.05) is 25.4 Å². The molecule has 8 heteroatoms. The minimum Gasteiger partial charge on any atom is -0.486 e. The van der Waals surface area contributed by atoms with Gasteiger partial charge in [-0.1, -0.05) is 18.2 Å². The van der Waals surface area contributed by atoms with Crippen LogP contribution in [0.4, 0.5) is 4.39 Å². The summed E-state index contributed by atoms with van der Waals surface area (Å²) in [5.41, 5.74) is 3.14. The van der Waals surface area contributed by atoms with Gasteiger partial charge in [-0.15, -0.1) is 11.3 Å². The average Bonchev–Trinajstić information content (AvgIpc) is 3.26. The summed E-state index contributed by atoms with van der Waals surface area (Å²) in [4.78, 5) is 30.3. The fourth-order valence-corrected chi connectivity index (χ4v) is 4.62. The largest absolute Gasteiger partial charge is 0.486 e. The highest BCUT2D eigenvalue weighted by Crippen LogP contribution is 2.37. The van der Waals surface area contributed by atoms with Gasteiger partial charge in [-0.25, -0.2) is 9.37 Å². The van der Waals surface area contributed by atoms with Crippen LogP contribution in [-0.2, 0) is 17.8 Å². The minimum atomic E-state index is -0.375. The van der Waals surface area contributed by atoms with E-state index in [2.05, 4.69) is 10.3 Å². The molecule has 1 N–H and O–H groups in total. The first-order chi connectivity index (χ1) is 15.5. The Morgan fingerprint density at radius 1 is 1.28 bits per heavy atom. The first-order valence-electron chi connectivity index (χ1n) is 10.5. The molecule has 1 aromatic heterocycles. The van der Waals surface area contributed by atoms with Gasteiger partial charge in [0.05, 0.1) is 6.04 Å². The summed E-state index contributed by atoms with van der Waals surface area (Å²) in [5.74, 6) is 0.0328. The molecule has 0 spiro atoms. The number of carbonyl (C=O) groups is 2. The predicted molar refractivity (Wildman–Crippen MR) is 120 cm³/mol. The topological polar surface area (TPSA) is 71.5 Å². The zero-order valence-electron chi connectivity index (χ0n) is 17.9. The summed E-state index contributed by atoms with van der Waals surface area (Å²) in [7, 11) is 0. The van der Waals surface area contributed by atoms with Crippen LogP contribution >= 0.6 is 11.3 Å². The molecule has 6 nitrogen and oxygen atoms in total. The maximum absolute atomic E-state index is 14.0. The van der Waals surface area contributed by atoms with Gasteiger partial charge in [0.25, 0.3) is 5.91 Å². The molecule has 2 amide bonds.